The number of nitrogens with one attached hydrogen (secondary N) is 1. The lowest BCUT2D eigenvalue weighted by molar-refractivity contribution is -0.123. The summed E-state index contributed by atoms with van der Waals surface area (Å²) in [4.78, 5) is 29.1. The molecule has 1 saturated carbocycles. The molecule has 2 aromatic heterocycles. The van der Waals surface area contributed by atoms with Crippen molar-refractivity contribution in [3.05, 3.63) is 24.2 Å². The third-order valence-electron chi connectivity index (χ3n) is 5.74. The number of hydrogen-bond acceptors (Lipinski definition) is 7. The van der Waals surface area contributed by atoms with Gasteiger partial charge >= 0.3 is 0 Å². The lowest BCUT2D eigenvalue weighted by Crippen LogP contribution is -2.17. The van der Waals surface area contributed by atoms with Crippen LogP contribution < -0.4 is 5.32 Å². The first-order valence-corrected chi connectivity index (χ1v) is 11.4. The van der Waals surface area contributed by atoms with E-state index in [0.717, 1.165) is 25.7 Å². The Kier molecular flexibility index (Phi) is 8.99. The van der Waals surface area contributed by atoms with Gasteiger partial charge in [-0.3, -0.25) is 14.6 Å². The van der Waals surface area contributed by atoms with Gasteiger partial charge in [-0.15, -0.1) is 20.4 Å². The van der Waals surface area contributed by atoms with Crippen LogP contribution in [0.2, 0.25) is 0 Å². The molecule has 0 atom stereocenters. The van der Waals surface area contributed by atoms with Crippen molar-refractivity contribution >= 4 is 17.4 Å². The SMILES string of the molecule is Cc1nnc(-c2ccc(NC(=O)CCCC(=O)C3CCCCCCCCC3)cn2)nn1. The van der Waals surface area contributed by atoms with E-state index in [1.807, 2.05) is 0 Å². The van der Waals surface area contributed by atoms with Crippen LogP contribution in [0, 0.1) is 12.8 Å². The van der Waals surface area contributed by atoms with Crippen molar-refractivity contribution in [2.75, 3.05) is 5.32 Å². The third kappa shape index (κ3) is 7.77. The number of anilines is 1. The third-order valence-corrected chi connectivity index (χ3v) is 5.74. The fraction of sp³-hybridized carbons (Fsp3) is 0.609. The number of rotatable bonds is 7. The summed E-state index contributed by atoms with van der Waals surface area (Å²) in [7, 11) is 0. The Morgan fingerprint density at radius 1 is 0.903 bits per heavy atom. The van der Waals surface area contributed by atoms with Crippen molar-refractivity contribution in [3.63, 3.8) is 0 Å². The van der Waals surface area contributed by atoms with Gasteiger partial charge in [-0.2, -0.15) is 0 Å². The van der Waals surface area contributed by atoms with E-state index in [1.165, 1.54) is 32.1 Å². The molecule has 0 radical (unpaired) electrons. The van der Waals surface area contributed by atoms with Crippen molar-refractivity contribution < 1.29 is 9.59 Å². The molecule has 0 unspecified atom stereocenters. The number of aromatic nitrogens is 5. The van der Waals surface area contributed by atoms with E-state index in [4.69, 9.17) is 0 Å². The number of Topliss-reactive ketones (excluding diaryl/α,β-unsaturated/α-hetero) is 1. The zero-order valence-electron chi connectivity index (χ0n) is 18.3. The fourth-order valence-electron chi connectivity index (χ4n) is 3.96. The highest BCUT2D eigenvalue weighted by Crippen LogP contribution is 2.24. The van der Waals surface area contributed by atoms with Crippen LogP contribution in [0.5, 0.6) is 0 Å². The highest BCUT2D eigenvalue weighted by molar-refractivity contribution is 5.91. The van der Waals surface area contributed by atoms with Crippen LogP contribution in [-0.2, 0) is 9.59 Å². The number of hydrogen-bond donors (Lipinski definition) is 1. The Hall–Kier alpha value is -2.77. The van der Waals surface area contributed by atoms with E-state index < -0.39 is 0 Å². The largest absolute Gasteiger partial charge is 0.325 e. The zero-order chi connectivity index (χ0) is 21.9. The van der Waals surface area contributed by atoms with Crippen molar-refractivity contribution in [1.82, 2.24) is 25.4 Å². The molecule has 166 valence electrons. The second-order valence-corrected chi connectivity index (χ2v) is 8.32. The minimum absolute atomic E-state index is 0.108. The van der Waals surface area contributed by atoms with Crippen molar-refractivity contribution in [1.29, 1.82) is 0 Å². The molecule has 31 heavy (non-hydrogen) atoms. The molecule has 8 nitrogen and oxygen atoms in total. The molecule has 0 spiro atoms. The Morgan fingerprint density at radius 2 is 1.55 bits per heavy atom. The van der Waals surface area contributed by atoms with E-state index in [9.17, 15) is 9.59 Å². The monoisotopic (exact) mass is 424 g/mol. The highest BCUT2D eigenvalue weighted by Gasteiger charge is 2.18. The van der Waals surface area contributed by atoms with Gasteiger partial charge in [0.25, 0.3) is 0 Å². The minimum atomic E-state index is -0.108. The molecular weight excluding hydrogens is 392 g/mol. The van der Waals surface area contributed by atoms with Crippen LogP contribution in [0.1, 0.15) is 82.9 Å². The van der Waals surface area contributed by atoms with Crippen molar-refractivity contribution in [3.8, 4) is 11.5 Å². The van der Waals surface area contributed by atoms with Crippen LogP contribution in [0.15, 0.2) is 18.3 Å². The standard InChI is InChI=1S/C23H32N6O2/c1-17-26-28-23(29-27-17)20-15-14-19(16-24-20)25-22(31)13-9-12-21(30)18-10-7-5-3-2-4-6-8-11-18/h14-16,18H,2-13H2,1H3,(H,25,31). The first-order chi connectivity index (χ1) is 15.1. The summed E-state index contributed by atoms with van der Waals surface area (Å²) in [6, 6.07) is 3.46. The smallest absolute Gasteiger partial charge is 0.224 e. The van der Waals surface area contributed by atoms with Gasteiger partial charge in [0.15, 0.2) is 5.82 Å². The van der Waals surface area contributed by atoms with Gasteiger partial charge in [-0.05, 0) is 38.3 Å². The van der Waals surface area contributed by atoms with Gasteiger partial charge in [-0.25, -0.2) is 0 Å². The van der Waals surface area contributed by atoms with Gasteiger partial charge in [0.05, 0.1) is 11.9 Å². The average molecular weight is 425 g/mol. The second-order valence-electron chi connectivity index (χ2n) is 8.32. The van der Waals surface area contributed by atoms with Crippen LogP contribution in [0.4, 0.5) is 5.69 Å². The summed E-state index contributed by atoms with van der Waals surface area (Å²) in [5, 5.41) is 18.5. The maximum Gasteiger partial charge on any atom is 0.224 e. The first kappa shape index (κ1) is 22.9. The minimum Gasteiger partial charge on any atom is -0.325 e. The summed E-state index contributed by atoms with van der Waals surface area (Å²) >= 11 is 0. The van der Waals surface area contributed by atoms with E-state index in [1.54, 1.807) is 25.3 Å². The van der Waals surface area contributed by atoms with Crippen LogP contribution in [0.25, 0.3) is 11.5 Å². The summed E-state index contributed by atoms with van der Waals surface area (Å²) in [5.74, 6) is 1.24. The zero-order valence-corrected chi connectivity index (χ0v) is 18.3. The maximum atomic E-state index is 12.6. The number of nitrogens with zero attached hydrogens (tertiary/aromatic N) is 5. The number of ketones is 1. The molecule has 0 aliphatic heterocycles. The van der Waals surface area contributed by atoms with Gasteiger partial charge in [0, 0.05) is 18.8 Å². The average Bonchev–Trinajstić information content (AvgIpc) is 2.78. The quantitative estimate of drug-likeness (QED) is 0.698. The van der Waals surface area contributed by atoms with Crippen LogP contribution >= 0.6 is 0 Å². The van der Waals surface area contributed by atoms with Crippen LogP contribution in [0.3, 0.4) is 0 Å². The number of pyridine rings is 1. The molecule has 1 fully saturated rings. The molecule has 1 N–H and O–H groups in total. The van der Waals surface area contributed by atoms with Gasteiger partial charge in [0.1, 0.15) is 11.5 Å². The van der Waals surface area contributed by atoms with Crippen LogP contribution in [-0.4, -0.2) is 37.1 Å². The van der Waals surface area contributed by atoms with Gasteiger partial charge < -0.3 is 5.32 Å². The fourth-order valence-corrected chi connectivity index (χ4v) is 3.96. The number of carbonyl (C=O) groups is 2. The number of aryl methyl sites for hydroxylation is 1. The molecular formula is C23H32N6O2. The Balaban J connectivity index is 1.41. The molecule has 1 amide bonds. The molecule has 1 aliphatic carbocycles. The molecule has 3 rings (SSSR count). The topological polar surface area (TPSA) is 111 Å². The van der Waals surface area contributed by atoms with E-state index >= 15 is 0 Å². The molecule has 0 saturated heterocycles. The molecule has 0 aromatic carbocycles. The lowest BCUT2D eigenvalue weighted by atomic mass is 9.87. The highest BCUT2D eigenvalue weighted by atomic mass is 16.1. The van der Waals surface area contributed by atoms with Gasteiger partial charge in [-0.1, -0.05) is 44.9 Å². The Morgan fingerprint density at radius 3 is 2.16 bits per heavy atom. The molecule has 2 aromatic rings. The predicted molar refractivity (Wildman–Crippen MR) is 118 cm³/mol. The molecule has 0 bridgehead atoms. The normalized spacial score (nSPS) is 15.9. The summed E-state index contributed by atoms with van der Waals surface area (Å²) in [6.07, 6.45) is 13.7. The van der Waals surface area contributed by atoms with E-state index in [2.05, 4.69) is 30.7 Å². The second kappa shape index (κ2) is 12.2. The summed E-state index contributed by atoms with van der Waals surface area (Å²) in [6.45, 7) is 1.71. The summed E-state index contributed by atoms with van der Waals surface area (Å²) in [5.41, 5.74) is 1.13. The van der Waals surface area contributed by atoms with Gasteiger partial charge in [0.2, 0.25) is 11.7 Å². The van der Waals surface area contributed by atoms with Crippen molar-refractivity contribution in [2.24, 2.45) is 5.92 Å². The predicted octanol–water partition coefficient (Wildman–Crippen LogP) is 4.46. The summed E-state index contributed by atoms with van der Waals surface area (Å²) < 4.78 is 0. The van der Waals surface area contributed by atoms with E-state index in [-0.39, 0.29) is 11.8 Å². The first-order valence-electron chi connectivity index (χ1n) is 11.4. The number of carbonyl (C=O) groups excluding carboxylic acids is 2. The molecule has 8 heteroatoms. The van der Waals surface area contributed by atoms with Crippen molar-refractivity contribution in [2.45, 2.75) is 84.0 Å². The Labute approximate surface area is 183 Å². The molecule has 1 aliphatic rings. The van der Waals surface area contributed by atoms with E-state index in [0.29, 0.717) is 48.1 Å². The maximum absolute atomic E-state index is 12.6. The molecule has 2 heterocycles. The Bertz CT molecular complexity index is 828. The lowest BCUT2D eigenvalue weighted by Gasteiger charge is -2.17. The number of amides is 1.